The third-order valence-corrected chi connectivity index (χ3v) is 3.16. The molecule has 3 nitrogen and oxygen atoms in total. The minimum Gasteiger partial charge on any atom is -0.380 e. The summed E-state index contributed by atoms with van der Waals surface area (Å²) in [7, 11) is 2.06. The summed E-state index contributed by atoms with van der Waals surface area (Å²) in [5.74, 6) is 0. The fourth-order valence-corrected chi connectivity index (χ4v) is 2.05. The molecule has 1 aromatic carbocycles. The van der Waals surface area contributed by atoms with Gasteiger partial charge in [-0.3, -0.25) is 0 Å². The molecule has 0 spiro atoms. The van der Waals surface area contributed by atoms with E-state index in [9.17, 15) is 0 Å². The van der Waals surface area contributed by atoms with Crippen LogP contribution in [0.3, 0.4) is 0 Å². The van der Waals surface area contributed by atoms with Crippen LogP contribution in [0.4, 0.5) is 5.69 Å². The van der Waals surface area contributed by atoms with Gasteiger partial charge in [0.1, 0.15) is 0 Å². The Morgan fingerprint density at radius 1 is 1.47 bits per heavy atom. The van der Waals surface area contributed by atoms with Crippen molar-refractivity contribution >= 4 is 21.6 Å². The molecule has 17 heavy (non-hydrogen) atoms. The van der Waals surface area contributed by atoms with E-state index in [0.29, 0.717) is 0 Å². The molecule has 0 aromatic heterocycles. The molecule has 96 valence electrons. The molecule has 0 amide bonds. The van der Waals surface area contributed by atoms with Gasteiger partial charge in [0.05, 0.1) is 6.61 Å². The number of nitrogens with zero attached hydrogens (tertiary/aromatic N) is 1. The first-order valence-corrected chi connectivity index (χ1v) is 6.69. The number of likely N-dealkylation sites (N-methyl/N-ethyl adjacent to an activating group) is 1. The van der Waals surface area contributed by atoms with Gasteiger partial charge in [0.25, 0.3) is 0 Å². The average molecular weight is 301 g/mol. The monoisotopic (exact) mass is 300 g/mol. The fraction of sp³-hybridized carbons (Fsp3) is 0.538. The maximum absolute atomic E-state index is 5.98. The number of nitrogens with two attached hydrogens (primary N) is 1. The van der Waals surface area contributed by atoms with Gasteiger partial charge in [-0.1, -0.05) is 22.0 Å². The van der Waals surface area contributed by atoms with Crippen molar-refractivity contribution in [1.29, 1.82) is 0 Å². The van der Waals surface area contributed by atoms with Gasteiger partial charge in [-0.05, 0) is 31.5 Å². The Morgan fingerprint density at radius 2 is 2.18 bits per heavy atom. The summed E-state index contributed by atoms with van der Waals surface area (Å²) in [5.41, 5.74) is 8.30. The second-order valence-corrected chi connectivity index (χ2v) is 5.03. The van der Waals surface area contributed by atoms with Crippen molar-refractivity contribution in [2.45, 2.75) is 19.9 Å². The van der Waals surface area contributed by atoms with Crippen LogP contribution >= 0.6 is 15.9 Å². The van der Waals surface area contributed by atoms with Gasteiger partial charge in [-0.15, -0.1) is 0 Å². The summed E-state index contributed by atoms with van der Waals surface area (Å²) in [6.45, 7) is 6.37. The molecule has 0 aliphatic heterocycles. The van der Waals surface area contributed by atoms with Crippen molar-refractivity contribution in [2.24, 2.45) is 5.73 Å². The topological polar surface area (TPSA) is 38.5 Å². The van der Waals surface area contributed by atoms with Crippen LogP contribution in [-0.4, -0.2) is 26.8 Å². The van der Waals surface area contributed by atoms with Gasteiger partial charge < -0.3 is 15.4 Å². The summed E-state index contributed by atoms with van der Waals surface area (Å²) in [5, 5.41) is 0. The van der Waals surface area contributed by atoms with Crippen molar-refractivity contribution in [3.8, 4) is 0 Å². The number of halogens is 1. The number of benzene rings is 1. The van der Waals surface area contributed by atoms with Crippen LogP contribution in [0, 0.1) is 0 Å². The molecular weight excluding hydrogens is 280 g/mol. The second-order valence-electron chi connectivity index (χ2n) is 4.11. The van der Waals surface area contributed by atoms with Crippen molar-refractivity contribution in [2.75, 3.05) is 31.7 Å². The Balaban J connectivity index is 2.82. The Morgan fingerprint density at radius 3 is 2.76 bits per heavy atom. The lowest BCUT2D eigenvalue weighted by atomic mass is 10.1. The molecule has 2 N–H and O–H groups in total. The van der Waals surface area contributed by atoms with Gasteiger partial charge in [-0.2, -0.15) is 0 Å². The van der Waals surface area contributed by atoms with Crippen LogP contribution in [0.1, 0.15) is 25.5 Å². The maximum Gasteiger partial charge on any atom is 0.0641 e. The zero-order chi connectivity index (χ0) is 12.8. The number of hydrogen-bond donors (Lipinski definition) is 1. The highest BCUT2D eigenvalue weighted by atomic mass is 79.9. The lowest BCUT2D eigenvalue weighted by Crippen LogP contribution is -2.25. The largest absolute Gasteiger partial charge is 0.380 e. The molecule has 0 fully saturated rings. The van der Waals surface area contributed by atoms with Crippen molar-refractivity contribution < 1.29 is 4.74 Å². The molecule has 0 bridgehead atoms. The molecule has 4 heteroatoms. The first kappa shape index (κ1) is 14.5. The minimum absolute atomic E-state index is 0.0349. The lowest BCUT2D eigenvalue weighted by molar-refractivity contribution is 0.154. The molecule has 1 unspecified atom stereocenters. The molecule has 0 heterocycles. The molecule has 1 aromatic rings. The van der Waals surface area contributed by atoms with Crippen molar-refractivity contribution in [1.82, 2.24) is 0 Å². The summed E-state index contributed by atoms with van der Waals surface area (Å²) in [4.78, 5) is 2.18. The Hall–Kier alpha value is -0.580. The summed E-state index contributed by atoms with van der Waals surface area (Å²) in [6, 6.07) is 6.23. The summed E-state index contributed by atoms with van der Waals surface area (Å²) < 4.78 is 6.44. The molecule has 1 atom stereocenters. The summed E-state index contributed by atoms with van der Waals surface area (Å²) >= 11 is 3.50. The number of hydrogen-bond acceptors (Lipinski definition) is 3. The number of ether oxygens (including phenoxy) is 1. The highest BCUT2D eigenvalue weighted by molar-refractivity contribution is 9.10. The maximum atomic E-state index is 5.98. The molecule has 1 rings (SSSR count). The van der Waals surface area contributed by atoms with E-state index in [4.69, 9.17) is 10.5 Å². The van der Waals surface area contributed by atoms with E-state index in [2.05, 4.69) is 40.0 Å². The van der Waals surface area contributed by atoms with E-state index in [-0.39, 0.29) is 6.04 Å². The smallest absolute Gasteiger partial charge is 0.0641 e. The fourth-order valence-electron chi connectivity index (χ4n) is 1.70. The molecule has 0 radical (unpaired) electrons. The Kier molecular flexibility index (Phi) is 5.95. The Bertz CT molecular complexity index is 355. The van der Waals surface area contributed by atoms with Crippen molar-refractivity contribution in [3.63, 3.8) is 0 Å². The predicted molar refractivity (Wildman–Crippen MR) is 76.5 cm³/mol. The predicted octanol–water partition coefficient (Wildman–Crippen LogP) is 2.94. The van der Waals surface area contributed by atoms with Crippen LogP contribution in [0.15, 0.2) is 22.7 Å². The third-order valence-electron chi connectivity index (χ3n) is 2.67. The minimum atomic E-state index is 0.0349. The molecule has 0 aliphatic rings. The van der Waals surface area contributed by atoms with Crippen molar-refractivity contribution in [3.05, 3.63) is 28.2 Å². The van der Waals surface area contributed by atoms with Gasteiger partial charge in [0.2, 0.25) is 0 Å². The van der Waals surface area contributed by atoms with Gasteiger partial charge >= 0.3 is 0 Å². The standard InChI is InChI=1S/C13H21BrN2O/c1-4-17-8-7-16(3)13-9-11(14)5-6-12(13)10(2)15/h5-6,9-10H,4,7-8,15H2,1-3H3. The van der Waals surface area contributed by atoms with Gasteiger partial charge in [-0.25, -0.2) is 0 Å². The molecule has 0 saturated heterocycles. The second kappa shape index (κ2) is 6.99. The van der Waals surface area contributed by atoms with Gasteiger partial charge in [0, 0.05) is 36.4 Å². The zero-order valence-electron chi connectivity index (χ0n) is 10.7. The number of anilines is 1. The van der Waals surface area contributed by atoms with Crippen LogP contribution in [0.25, 0.3) is 0 Å². The summed E-state index contributed by atoms with van der Waals surface area (Å²) in [6.07, 6.45) is 0. The molecular formula is C13H21BrN2O. The van der Waals surface area contributed by atoms with E-state index in [1.54, 1.807) is 0 Å². The van der Waals surface area contributed by atoms with Gasteiger partial charge in [0.15, 0.2) is 0 Å². The highest BCUT2D eigenvalue weighted by Gasteiger charge is 2.11. The quantitative estimate of drug-likeness (QED) is 0.821. The number of rotatable bonds is 6. The highest BCUT2D eigenvalue weighted by Crippen LogP contribution is 2.27. The van der Waals surface area contributed by atoms with Crippen LogP contribution < -0.4 is 10.6 Å². The first-order valence-electron chi connectivity index (χ1n) is 5.90. The normalized spacial score (nSPS) is 12.5. The van der Waals surface area contributed by atoms with Crippen LogP contribution in [0.5, 0.6) is 0 Å². The SMILES string of the molecule is CCOCCN(C)c1cc(Br)ccc1C(C)N. The molecule has 0 aliphatic carbocycles. The first-order chi connectivity index (χ1) is 8.06. The van der Waals surface area contributed by atoms with E-state index in [0.717, 1.165) is 35.5 Å². The van der Waals surface area contributed by atoms with Crippen LogP contribution in [0.2, 0.25) is 0 Å². The average Bonchev–Trinajstić information content (AvgIpc) is 2.28. The van der Waals surface area contributed by atoms with E-state index in [1.807, 2.05) is 19.9 Å². The van der Waals surface area contributed by atoms with E-state index < -0.39 is 0 Å². The third kappa shape index (κ3) is 4.30. The van der Waals surface area contributed by atoms with Crippen LogP contribution in [-0.2, 0) is 4.74 Å². The zero-order valence-corrected chi connectivity index (χ0v) is 12.3. The Labute approximate surface area is 112 Å². The van der Waals surface area contributed by atoms with E-state index in [1.165, 1.54) is 0 Å². The molecule has 0 saturated carbocycles. The van der Waals surface area contributed by atoms with E-state index >= 15 is 0 Å². The lowest BCUT2D eigenvalue weighted by Gasteiger charge is -2.24.